The van der Waals surface area contributed by atoms with Crippen LogP contribution in [-0.4, -0.2) is 24.9 Å². The standard InChI is InChI=1S/C12H17BrN2S/c1-7-4-9(13)12-10(5-7)16-11(6-14-3)8(2)15-12/h4-5,8,11,14-15H,6H2,1-3H3. The van der Waals surface area contributed by atoms with Gasteiger partial charge in [0.1, 0.15) is 0 Å². The molecule has 2 nitrogen and oxygen atoms in total. The summed E-state index contributed by atoms with van der Waals surface area (Å²) in [6.07, 6.45) is 0. The first-order chi connectivity index (χ1) is 7.61. The molecule has 2 atom stereocenters. The number of anilines is 1. The second-order valence-electron chi connectivity index (χ2n) is 4.27. The Bertz CT molecular complexity index is 395. The van der Waals surface area contributed by atoms with Crippen molar-refractivity contribution in [3.8, 4) is 0 Å². The molecule has 2 rings (SSSR count). The molecule has 0 saturated carbocycles. The van der Waals surface area contributed by atoms with E-state index in [9.17, 15) is 0 Å². The van der Waals surface area contributed by atoms with Crippen molar-refractivity contribution in [3.63, 3.8) is 0 Å². The summed E-state index contributed by atoms with van der Waals surface area (Å²) >= 11 is 5.59. The highest BCUT2D eigenvalue weighted by Gasteiger charge is 2.26. The van der Waals surface area contributed by atoms with Gasteiger partial charge in [0.15, 0.2) is 0 Å². The molecule has 0 radical (unpaired) electrons. The highest BCUT2D eigenvalue weighted by molar-refractivity contribution is 9.10. The molecule has 16 heavy (non-hydrogen) atoms. The lowest BCUT2D eigenvalue weighted by atomic mass is 10.1. The molecular weight excluding hydrogens is 284 g/mol. The first kappa shape index (κ1) is 12.3. The van der Waals surface area contributed by atoms with E-state index in [-0.39, 0.29) is 0 Å². The summed E-state index contributed by atoms with van der Waals surface area (Å²) in [5, 5.41) is 7.43. The van der Waals surface area contributed by atoms with Crippen LogP contribution in [0.2, 0.25) is 0 Å². The quantitative estimate of drug-likeness (QED) is 0.877. The Labute approximate surface area is 110 Å². The minimum atomic E-state index is 0.490. The molecule has 1 aliphatic rings. The number of nitrogens with one attached hydrogen (secondary N) is 2. The van der Waals surface area contributed by atoms with Crippen LogP contribution in [0.15, 0.2) is 21.5 Å². The van der Waals surface area contributed by atoms with E-state index < -0.39 is 0 Å². The molecule has 0 aliphatic carbocycles. The van der Waals surface area contributed by atoms with Crippen LogP contribution in [-0.2, 0) is 0 Å². The zero-order valence-corrected chi connectivity index (χ0v) is 12.2. The molecule has 1 aromatic carbocycles. The molecule has 1 heterocycles. The second kappa shape index (κ2) is 4.98. The fourth-order valence-corrected chi connectivity index (χ4v) is 4.16. The second-order valence-corrected chi connectivity index (χ2v) is 6.40. The first-order valence-electron chi connectivity index (χ1n) is 5.49. The van der Waals surface area contributed by atoms with Crippen molar-refractivity contribution in [1.29, 1.82) is 0 Å². The highest BCUT2D eigenvalue weighted by Crippen LogP contribution is 2.42. The number of thioether (sulfide) groups is 1. The monoisotopic (exact) mass is 300 g/mol. The van der Waals surface area contributed by atoms with Gasteiger partial charge in [-0.15, -0.1) is 11.8 Å². The van der Waals surface area contributed by atoms with Crippen molar-refractivity contribution in [3.05, 3.63) is 22.2 Å². The van der Waals surface area contributed by atoms with Crippen molar-refractivity contribution in [2.75, 3.05) is 18.9 Å². The molecule has 1 aromatic rings. The number of aryl methyl sites for hydroxylation is 1. The lowest BCUT2D eigenvalue weighted by Crippen LogP contribution is -2.38. The molecule has 0 aromatic heterocycles. The summed E-state index contributed by atoms with van der Waals surface area (Å²) < 4.78 is 1.17. The van der Waals surface area contributed by atoms with Gasteiger partial charge in [0.2, 0.25) is 0 Å². The predicted octanol–water partition coefficient (Wildman–Crippen LogP) is 3.25. The van der Waals surface area contributed by atoms with E-state index in [2.05, 4.69) is 52.5 Å². The summed E-state index contributed by atoms with van der Waals surface area (Å²) in [6.45, 7) is 5.41. The van der Waals surface area contributed by atoms with Gasteiger partial charge in [-0.05, 0) is 54.5 Å². The van der Waals surface area contributed by atoms with E-state index in [4.69, 9.17) is 0 Å². The average Bonchev–Trinajstić information content (AvgIpc) is 2.21. The summed E-state index contributed by atoms with van der Waals surface area (Å²) in [4.78, 5) is 1.35. The van der Waals surface area contributed by atoms with Crippen molar-refractivity contribution in [2.24, 2.45) is 0 Å². The third-order valence-corrected chi connectivity index (χ3v) is 4.89. The van der Waals surface area contributed by atoms with Crippen LogP contribution in [0.5, 0.6) is 0 Å². The van der Waals surface area contributed by atoms with Crippen LogP contribution < -0.4 is 10.6 Å². The summed E-state index contributed by atoms with van der Waals surface area (Å²) in [6, 6.07) is 4.91. The van der Waals surface area contributed by atoms with Crippen LogP contribution in [0, 0.1) is 6.92 Å². The fourth-order valence-electron chi connectivity index (χ4n) is 1.95. The molecule has 0 spiro atoms. The Kier molecular flexibility index (Phi) is 3.82. The van der Waals surface area contributed by atoms with Gasteiger partial charge >= 0.3 is 0 Å². The SMILES string of the molecule is CNCC1Sc2cc(C)cc(Br)c2NC1C. The van der Waals surface area contributed by atoms with E-state index in [0.29, 0.717) is 11.3 Å². The smallest absolute Gasteiger partial charge is 0.0625 e. The number of hydrogen-bond donors (Lipinski definition) is 2. The molecular formula is C12H17BrN2S. The molecule has 2 N–H and O–H groups in total. The Morgan fingerprint density at radius 1 is 1.50 bits per heavy atom. The molecule has 2 unspecified atom stereocenters. The van der Waals surface area contributed by atoms with Crippen molar-refractivity contribution in [1.82, 2.24) is 5.32 Å². The van der Waals surface area contributed by atoms with Gasteiger partial charge in [-0.1, -0.05) is 0 Å². The number of hydrogen-bond acceptors (Lipinski definition) is 3. The number of fused-ring (bicyclic) bond motifs is 1. The van der Waals surface area contributed by atoms with Gasteiger partial charge in [-0.25, -0.2) is 0 Å². The predicted molar refractivity (Wildman–Crippen MR) is 75.5 cm³/mol. The zero-order chi connectivity index (χ0) is 11.7. The molecule has 88 valence electrons. The lowest BCUT2D eigenvalue weighted by molar-refractivity contribution is 0.664. The van der Waals surface area contributed by atoms with Gasteiger partial charge in [0.05, 0.1) is 5.69 Å². The highest BCUT2D eigenvalue weighted by atomic mass is 79.9. The maximum absolute atomic E-state index is 3.63. The van der Waals surface area contributed by atoms with E-state index >= 15 is 0 Å². The molecule has 1 aliphatic heterocycles. The molecule has 0 fully saturated rings. The summed E-state index contributed by atoms with van der Waals surface area (Å²) in [5.41, 5.74) is 2.55. The van der Waals surface area contributed by atoms with Crippen LogP contribution in [0.1, 0.15) is 12.5 Å². The third kappa shape index (κ3) is 2.39. The van der Waals surface area contributed by atoms with Crippen LogP contribution in [0.3, 0.4) is 0 Å². The largest absolute Gasteiger partial charge is 0.380 e. The Morgan fingerprint density at radius 2 is 2.25 bits per heavy atom. The topological polar surface area (TPSA) is 24.1 Å². The van der Waals surface area contributed by atoms with E-state index in [0.717, 1.165) is 6.54 Å². The molecule has 0 saturated heterocycles. The van der Waals surface area contributed by atoms with Crippen LogP contribution in [0.4, 0.5) is 5.69 Å². The molecule has 0 amide bonds. The van der Waals surface area contributed by atoms with Gasteiger partial charge in [0.25, 0.3) is 0 Å². The van der Waals surface area contributed by atoms with Gasteiger partial charge in [0, 0.05) is 27.2 Å². The van der Waals surface area contributed by atoms with Gasteiger partial charge < -0.3 is 10.6 Å². The third-order valence-electron chi connectivity index (χ3n) is 2.81. The minimum absolute atomic E-state index is 0.490. The Hall–Kier alpha value is -0.190. The Balaban J connectivity index is 2.31. The summed E-state index contributed by atoms with van der Waals surface area (Å²) in [7, 11) is 2.01. The van der Waals surface area contributed by atoms with Gasteiger partial charge in [-0.3, -0.25) is 0 Å². The van der Waals surface area contributed by atoms with Gasteiger partial charge in [-0.2, -0.15) is 0 Å². The maximum Gasteiger partial charge on any atom is 0.0625 e. The van der Waals surface area contributed by atoms with Crippen LogP contribution in [0.25, 0.3) is 0 Å². The number of halogens is 1. The van der Waals surface area contributed by atoms with E-state index in [1.165, 1.54) is 20.6 Å². The number of benzene rings is 1. The normalized spacial score (nSPS) is 23.8. The lowest BCUT2D eigenvalue weighted by Gasteiger charge is -2.32. The van der Waals surface area contributed by atoms with Crippen LogP contribution >= 0.6 is 27.7 Å². The minimum Gasteiger partial charge on any atom is -0.380 e. The Morgan fingerprint density at radius 3 is 2.94 bits per heavy atom. The number of rotatable bonds is 2. The average molecular weight is 301 g/mol. The maximum atomic E-state index is 3.63. The van der Waals surface area contributed by atoms with Crippen molar-refractivity contribution >= 4 is 33.4 Å². The van der Waals surface area contributed by atoms with Crippen molar-refractivity contribution in [2.45, 2.75) is 30.0 Å². The first-order valence-corrected chi connectivity index (χ1v) is 7.17. The summed E-state index contributed by atoms with van der Waals surface area (Å²) in [5.74, 6) is 0. The zero-order valence-electron chi connectivity index (χ0n) is 9.80. The van der Waals surface area contributed by atoms with E-state index in [1.807, 2.05) is 18.8 Å². The molecule has 4 heteroatoms. The van der Waals surface area contributed by atoms with Crippen molar-refractivity contribution < 1.29 is 0 Å². The van der Waals surface area contributed by atoms with E-state index in [1.54, 1.807) is 0 Å². The molecule has 0 bridgehead atoms. The fraction of sp³-hybridized carbons (Fsp3) is 0.500.